The van der Waals surface area contributed by atoms with Gasteiger partial charge in [-0.1, -0.05) is 18.2 Å². The number of hydrogen-bond donors (Lipinski definition) is 1. The zero-order valence-corrected chi connectivity index (χ0v) is 24.6. The maximum absolute atomic E-state index is 13.5. The second-order valence-electron chi connectivity index (χ2n) is 10.8. The topological polar surface area (TPSA) is 160 Å². The number of benzene rings is 1. The van der Waals surface area contributed by atoms with Gasteiger partial charge in [-0.15, -0.1) is 0 Å². The minimum absolute atomic E-state index is 0.0692. The lowest BCUT2D eigenvalue weighted by molar-refractivity contribution is 0.0482. The molecule has 2 N–H and O–H groups in total. The van der Waals surface area contributed by atoms with Crippen LogP contribution >= 0.6 is 0 Å². The minimum Gasteiger partial charge on any atom is -0.486 e. The van der Waals surface area contributed by atoms with Crippen molar-refractivity contribution in [2.75, 3.05) is 36.7 Å². The number of sulfone groups is 1. The van der Waals surface area contributed by atoms with E-state index in [0.29, 0.717) is 35.7 Å². The molecule has 0 aliphatic carbocycles. The first-order valence-electron chi connectivity index (χ1n) is 13.0. The van der Waals surface area contributed by atoms with Crippen molar-refractivity contribution in [3.05, 3.63) is 54.5 Å². The predicted molar refractivity (Wildman–Crippen MR) is 154 cm³/mol. The Bertz CT molecular complexity index is 1890. The summed E-state index contributed by atoms with van der Waals surface area (Å²) >= 11 is 0. The van der Waals surface area contributed by atoms with Gasteiger partial charge in [0.1, 0.15) is 17.0 Å². The average Bonchev–Trinajstić information content (AvgIpc) is 3.37. The third-order valence-corrected chi connectivity index (χ3v) is 11.5. The van der Waals surface area contributed by atoms with Crippen LogP contribution in [0.5, 0.6) is 5.75 Å². The molecule has 1 aromatic carbocycles. The number of ether oxygens (including phenoxy) is 2. The predicted octanol–water partition coefficient (Wildman–Crippen LogP) is 2.58. The van der Waals surface area contributed by atoms with E-state index in [-0.39, 0.29) is 46.4 Å². The summed E-state index contributed by atoms with van der Waals surface area (Å²) in [5.41, 5.74) is 7.32. The van der Waals surface area contributed by atoms with Crippen LogP contribution in [0, 0.1) is 0 Å². The Morgan fingerprint density at radius 3 is 2.46 bits per heavy atom. The molecule has 3 aromatic heterocycles. The van der Waals surface area contributed by atoms with Gasteiger partial charge in [-0.2, -0.15) is 0 Å². The van der Waals surface area contributed by atoms with Gasteiger partial charge in [-0.25, -0.2) is 35.8 Å². The van der Waals surface area contributed by atoms with Gasteiger partial charge in [-0.3, -0.25) is 0 Å². The van der Waals surface area contributed by atoms with E-state index in [1.807, 2.05) is 6.92 Å². The van der Waals surface area contributed by atoms with Crippen molar-refractivity contribution < 1.29 is 26.3 Å². The molecule has 0 radical (unpaired) electrons. The minimum atomic E-state index is -3.97. The summed E-state index contributed by atoms with van der Waals surface area (Å²) in [6.45, 7) is 6.31. The Hall–Kier alpha value is -3.75. The molecule has 216 valence electrons. The van der Waals surface area contributed by atoms with E-state index < -0.39 is 24.6 Å². The van der Waals surface area contributed by atoms with E-state index in [9.17, 15) is 16.8 Å². The molecule has 41 heavy (non-hydrogen) atoms. The highest BCUT2D eigenvalue weighted by atomic mass is 32.2. The molecule has 1 saturated heterocycles. The molecule has 1 fully saturated rings. The Morgan fingerprint density at radius 1 is 1.02 bits per heavy atom. The molecule has 4 aromatic rings. The molecule has 2 atom stereocenters. The molecule has 12 nitrogen and oxygen atoms in total. The Labute approximate surface area is 238 Å². The molecule has 2 aliphatic heterocycles. The van der Waals surface area contributed by atoms with E-state index in [2.05, 4.69) is 9.88 Å². The molecule has 5 heterocycles. The third kappa shape index (κ3) is 4.23. The van der Waals surface area contributed by atoms with Gasteiger partial charge in [0.25, 0.3) is 10.0 Å². The van der Waals surface area contributed by atoms with Crippen molar-refractivity contribution >= 4 is 42.4 Å². The number of rotatable bonds is 5. The van der Waals surface area contributed by atoms with E-state index in [1.54, 1.807) is 38.1 Å². The molecule has 2 aliphatic rings. The molecule has 0 bridgehead atoms. The number of aromatic nitrogens is 4. The van der Waals surface area contributed by atoms with Crippen LogP contribution in [-0.4, -0.2) is 73.9 Å². The molecular formula is C27H30N6O6S2. The summed E-state index contributed by atoms with van der Waals surface area (Å²) in [5, 5.41) is 0.399. The molecule has 6 rings (SSSR count). The second kappa shape index (κ2) is 9.39. The molecule has 0 amide bonds. The van der Waals surface area contributed by atoms with Gasteiger partial charge in [-0.05, 0) is 39.0 Å². The van der Waals surface area contributed by atoms with Crippen LogP contribution in [-0.2, 0) is 29.3 Å². The van der Waals surface area contributed by atoms with Gasteiger partial charge in [0, 0.05) is 17.8 Å². The Balaban J connectivity index is 1.63. The van der Waals surface area contributed by atoms with Crippen LogP contribution in [0.2, 0.25) is 0 Å². The average molecular weight is 599 g/mol. The first-order chi connectivity index (χ1) is 19.3. The number of morpholine rings is 1. The highest BCUT2D eigenvalue weighted by Gasteiger charge is 2.44. The van der Waals surface area contributed by atoms with Crippen molar-refractivity contribution in [1.29, 1.82) is 0 Å². The highest BCUT2D eigenvalue weighted by Crippen LogP contribution is 2.45. The highest BCUT2D eigenvalue weighted by molar-refractivity contribution is 7.91. The fraction of sp³-hybridized carbons (Fsp3) is 0.370. The summed E-state index contributed by atoms with van der Waals surface area (Å²) in [6.07, 6.45) is 3.92. The summed E-state index contributed by atoms with van der Waals surface area (Å²) in [6, 6.07) is 9.42. The van der Waals surface area contributed by atoms with Gasteiger partial charge < -0.3 is 20.1 Å². The van der Waals surface area contributed by atoms with Gasteiger partial charge in [0.15, 0.2) is 32.9 Å². The smallest absolute Gasteiger partial charge is 0.269 e. The van der Waals surface area contributed by atoms with E-state index in [1.165, 1.54) is 24.5 Å². The number of pyridine rings is 1. The zero-order chi connectivity index (χ0) is 29.3. The van der Waals surface area contributed by atoms with Gasteiger partial charge in [0.2, 0.25) is 0 Å². The van der Waals surface area contributed by atoms with E-state index >= 15 is 0 Å². The van der Waals surface area contributed by atoms with Crippen molar-refractivity contribution in [2.24, 2.45) is 0 Å². The fourth-order valence-electron chi connectivity index (χ4n) is 5.25. The van der Waals surface area contributed by atoms with Crippen LogP contribution < -0.4 is 15.4 Å². The number of hydrogen-bond acceptors (Lipinski definition) is 11. The van der Waals surface area contributed by atoms with Gasteiger partial charge >= 0.3 is 0 Å². The van der Waals surface area contributed by atoms with E-state index in [4.69, 9.17) is 25.2 Å². The monoisotopic (exact) mass is 598 g/mol. The van der Waals surface area contributed by atoms with Crippen LogP contribution in [0.3, 0.4) is 0 Å². The third-order valence-electron chi connectivity index (χ3n) is 7.78. The number of fused-ring (bicyclic) bond motifs is 4. The lowest BCUT2D eigenvalue weighted by Gasteiger charge is -2.45. The van der Waals surface area contributed by atoms with Crippen molar-refractivity contribution in [3.8, 4) is 17.1 Å². The standard InChI is InChI=1S/C27H30N6O6S2/c1-16-13-38-14-17-15-39-22-23(27(2,3)40(4,34)35)30-24(31-26(22)33(16)17)21-19-10-11-32(25(19)29-12-20(21)28)41(36,37)18-8-6-5-7-9-18/h5-12,16-17H,13-15,28H2,1-4H3/t16-,17+/m0/s1. The lowest BCUT2D eigenvalue weighted by Crippen LogP contribution is -2.56. The number of anilines is 2. The largest absolute Gasteiger partial charge is 0.486 e. The molecule has 14 heteroatoms. The maximum atomic E-state index is 13.5. The molecular weight excluding hydrogens is 568 g/mol. The van der Waals surface area contributed by atoms with Crippen molar-refractivity contribution in [2.45, 2.75) is 42.5 Å². The van der Waals surface area contributed by atoms with Crippen LogP contribution in [0.25, 0.3) is 22.4 Å². The van der Waals surface area contributed by atoms with Crippen molar-refractivity contribution in [3.63, 3.8) is 0 Å². The number of nitrogens with two attached hydrogens (primary N) is 1. The zero-order valence-electron chi connectivity index (χ0n) is 23.0. The Kier molecular flexibility index (Phi) is 6.28. The molecule has 0 unspecified atom stereocenters. The Morgan fingerprint density at radius 2 is 1.76 bits per heavy atom. The number of nitrogens with zero attached hydrogens (tertiary/aromatic N) is 5. The number of nitrogen functional groups attached to an aromatic ring is 1. The summed E-state index contributed by atoms with van der Waals surface area (Å²) in [4.78, 5) is 16.2. The summed E-state index contributed by atoms with van der Waals surface area (Å²) in [5.74, 6) is 0.870. The summed E-state index contributed by atoms with van der Waals surface area (Å²) in [7, 11) is -7.64. The van der Waals surface area contributed by atoms with Crippen LogP contribution in [0.15, 0.2) is 53.7 Å². The summed E-state index contributed by atoms with van der Waals surface area (Å²) < 4.78 is 64.5. The fourth-order valence-corrected chi connectivity index (χ4v) is 7.07. The molecule has 0 spiro atoms. The SMILES string of the molecule is C[C@H]1COC[C@@H]2COc3c(nc(-c4c(N)cnc5c4ccn5S(=O)(=O)c4ccccc4)nc3C(C)(C)S(C)(=O)=O)N21. The quantitative estimate of drug-likeness (QED) is 0.360. The molecule has 0 saturated carbocycles. The lowest BCUT2D eigenvalue weighted by atomic mass is 10.0. The first kappa shape index (κ1) is 27.4. The first-order valence-corrected chi connectivity index (χ1v) is 16.3. The normalized spacial score (nSPS) is 19.5. The van der Waals surface area contributed by atoms with Crippen LogP contribution in [0.4, 0.5) is 11.5 Å². The van der Waals surface area contributed by atoms with Crippen molar-refractivity contribution in [1.82, 2.24) is 18.9 Å². The second-order valence-corrected chi connectivity index (χ2v) is 15.2. The van der Waals surface area contributed by atoms with E-state index in [0.717, 1.165) is 10.2 Å². The van der Waals surface area contributed by atoms with Gasteiger partial charge in [0.05, 0.1) is 47.6 Å². The van der Waals surface area contributed by atoms with Crippen LogP contribution in [0.1, 0.15) is 26.5 Å². The maximum Gasteiger partial charge on any atom is 0.269 e.